The van der Waals surface area contributed by atoms with E-state index in [-0.39, 0.29) is 11.4 Å². The molecule has 0 aliphatic carbocycles. The molecular weight excluding hydrogens is 526 g/mol. The molecule has 3 aromatic rings. The lowest BCUT2D eigenvalue weighted by molar-refractivity contribution is -0.138. The molecule has 0 bridgehead atoms. The summed E-state index contributed by atoms with van der Waals surface area (Å²) in [6.07, 6.45) is -7.12. The van der Waals surface area contributed by atoms with Crippen LogP contribution in [-0.2, 0) is 21.9 Å². The van der Waals surface area contributed by atoms with Gasteiger partial charge >= 0.3 is 12.4 Å². The van der Waals surface area contributed by atoms with Gasteiger partial charge < -0.3 is 15.4 Å². The van der Waals surface area contributed by atoms with Crippen molar-refractivity contribution in [2.75, 3.05) is 10.6 Å². The van der Waals surface area contributed by atoms with Crippen LogP contribution in [0.15, 0.2) is 90.0 Å². The molecule has 11 heteroatoms. The Morgan fingerprint density at radius 1 is 0.769 bits per heavy atom. The average Bonchev–Trinajstić information content (AvgIpc) is 2.86. The topological polar surface area (TPSA) is 67.4 Å². The third-order valence-electron chi connectivity index (χ3n) is 5.71. The van der Waals surface area contributed by atoms with E-state index in [2.05, 4.69) is 10.6 Å². The zero-order valence-corrected chi connectivity index (χ0v) is 20.2. The van der Waals surface area contributed by atoms with Crippen molar-refractivity contribution >= 4 is 29.3 Å². The average molecular weight is 546 g/mol. The SMILES string of the molecule is CC1Oc2ccccc2C=C1C=C(C(=O)Nc1cccc(C(F)(F)F)c1)C(=O)Nc1cccc(C(F)(F)F)c1. The van der Waals surface area contributed by atoms with Crippen molar-refractivity contribution in [1.82, 2.24) is 0 Å². The lowest BCUT2D eigenvalue weighted by Crippen LogP contribution is -2.27. The molecule has 202 valence electrons. The van der Waals surface area contributed by atoms with Crippen LogP contribution in [0.25, 0.3) is 6.08 Å². The number of anilines is 2. The molecule has 0 saturated heterocycles. The first kappa shape index (κ1) is 27.5. The van der Waals surface area contributed by atoms with Gasteiger partial charge in [0.2, 0.25) is 0 Å². The van der Waals surface area contributed by atoms with Crippen molar-refractivity contribution in [3.8, 4) is 5.75 Å². The van der Waals surface area contributed by atoms with Crippen molar-refractivity contribution < 1.29 is 40.7 Å². The fourth-order valence-electron chi connectivity index (χ4n) is 3.77. The van der Waals surface area contributed by atoms with E-state index in [1.54, 1.807) is 37.3 Å². The minimum atomic E-state index is -4.67. The number of amides is 2. The van der Waals surface area contributed by atoms with Gasteiger partial charge in [-0.2, -0.15) is 26.3 Å². The van der Waals surface area contributed by atoms with Crippen LogP contribution in [0, 0.1) is 0 Å². The second-order valence-electron chi connectivity index (χ2n) is 8.57. The zero-order valence-electron chi connectivity index (χ0n) is 20.2. The van der Waals surface area contributed by atoms with Crippen LogP contribution in [-0.4, -0.2) is 17.9 Å². The number of benzene rings is 3. The normalized spacial score (nSPS) is 14.8. The molecule has 1 unspecified atom stereocenters. The standard InChI is InChI=1S/C28H20F6N2O3/c1-16-18(12-17-6-2-3-11-24(17)39-16)13-23(25(37)35-21-9-4-7-19(14-21)27(29,30)31)26(38)36-22-10-5-8-20(15-22)28(32,33)34/h2-16H,1H3,(H,35,37)(H,36,38). The highest BCUT2D eigenvalue weighted by molar-refractivity contribution is 6.26. The third kappa shape index (κ3) is 6.67. The lowest BCUT2D eigenvalue weighted by atomic mass is 9.99. The van der Waals surface area contributed by atoms with Crippen molar-refractivity contribution in [3.05, 3.63) is 107 Å². The summed E-state index contributed by atoms with van der Waals surface area (Å²) < 4.78 is 84.6. The van der Waals surface area contributed by atoms with Crippen LogP contribution in [0.4, 0.5) is 37.7 Å². The molecule has 3 aromatic carbocycles. The van der Waals surface area contributed by atoms with Crippen molar-refractivity contribution in [2.45, 2.75) is 25.4 Å². The van der Waals surface area contributed by atoms with Gasteiger partial charge in [0.25, 0.3) is 11.8 Å². The molecule has 2 amide bonds. The van der Waals surface area contributed by atoms with Crippen LogP contribution >= 0.6 is 0 Å². The zero-order chi connectivity index (χ0) is 28.4. The van der Waals surface area contributed by atoms with Gasteiger partial charge in [-0.15, -0.1) is 0 Å². The van der Waals surface area contributed by atoms with Gasteiger partial charge in [-0.3, -0.25) is 9.59 Å². The number of carbonyl (C=O) groups excluding carboxylic acids is 2. The van der Waals surface area contributed by atoms with Gasteiger partial charge in [0, 0.05) is 16.9 Å². The lowest BCUT2D eigenvalue weighted by Gasteiger charge is -2.23. The molecule has 0 saturated carbocycles. The molecule has 0 spiro atoms. The number of alkyl halides is 6. The summed E-state index contributed by atoms with van der Waals surface area (Å²) in [5.74, 6) is -1.60. The highest BCUT2D eigenvalue weighted by Crippen LogP contribution is 2.33. The largest absolute Gasteiger partial charge is 0.485 e. The van der Waals surface area contributed by atoms with Crippen LogP contribution in [0.1, 0.15) is 23.6 Å². The van der Waals surface area contributed by atoms with E-state index in [1.165, 1.54) is 18.2 Å². The highest BCUT2D eigenvalue weighted by Gasteiger charge is 2.32. The summed E-state index contributed by atoms with van der Waals surface area (Å²) in [4.78, 5) is 26.4. The van der Waals surface area contributed by atoms with Crippen LogP contribution < -0.4 is 15.4 Å². The van der Waals surface area contributed by atoms with E-state index in [9.17, 15) is 35.9 Å². The molecule has 0 radical (unpaired) electrons. The molecule has 1 atom stereocenters. The van der Waals surface area contributed by atoms with Gasteiger partial charge in [0.05, 0.1) is 11.1 Å². The summed E-state index contributed by atoms with van der Waals surface area (Å²) in [5, 5.41) is 4.53. The number of carbonyl (C=O) groups is 2. The predicted octanol–water partition coefficient (Wildman–Crippen LogP) is 7.09. The molecule has 0 aromatic heterocycles. The monoisotopic (exact) mass is 546 g/mol. The minimum absolute atomic E-state index is 0.236. The van der Waals surface area contributed by atoms with Gasteiger partial charge in [-0.25, -0.2) is 0 Å². The van der Waals surface area contributed by atoms with E-state index < -0.39 is 47.0 Å². The minimum Gasteiger partial charge on any atom is -0.485 e. The fourth-order valence-corrected chi connectivity index (χ4v) is 3.77. The maximum absolute atomic E-state index is 13.2. The molecule has 5 nitrogen and oxygen atoms in total. The second kappa shape index (κ2) is 10.7. The summed E-state index contributed by atoms with van der Waals surface area (Å²) in [7, 11) is 0. The molecule has 39 heavy (non-hydrogen) atoms. The van der Waals surface area contributed by atoms with Crippen molar-refractivity contribution in [3.63, 3.8) is 0 Å². The number of halogens is 6. The maximum Gasteiger partial charge on any atom is 0.416 e. The number of hydrogen-bond acceptors (Lipinski definition) is 3. The molecule has 1 heterocycles. The molecule has 2 N–H and O–H groups in total. The number of ether oxygens (including phenoxy) is 1. The third-order valence-corrected chi connectivity index (χ3v) is 5.71. The number of para-hydroxylation sites is 1. The quantitative estimate of drug-likeness (QED) is 0.155. The molecule has 1 aliphatic rings. The van der Waals surface area contributed by atoms with E-state index in [4.69, 9.17) is 4.74 Å². The highest BCUT2D eigenvalue weighted by atomic mass is 19.4. The Balaban J connectivity index is 1.70. The first-order chi connectivity index (χ1) is 18.3. The van der Waals surface area contributed by atoms with Gasteiger partial charge in [0.15, 0.2) is 0 Å². The number of nitrogens with one attached hydrogen (secondary N) is 2. The van der Waals surface area contributed by atoms with Crippen molar-refractivity contribution in [1.29, 1.82) is 0 Å². The fraction of sp³-hybridized carbons (Fsp3) is 0.143. The Morgan fingerprint density at radius 3 is 1.79 bits per heavy atom. The van der Waals surface area contributed by atoms with Gasteiger partial charge in [-0.05, 0) is 67.1 Å². The summed E-state index contributed by atoms with van der Waals surface area (Å²) in [6.45, 7) is 1.66. The Morgan fingerprint density at radius 2 is 1.28 bits per heavy atom. The smallest absolute Gasteiger partial charge is 0.416 e. The first-order valence-electron chi connectivity index (χ1n) is 11.5. The number of hydrogen-bond donors (Lipinski definition) is 2. The molecular formula is C28H20F6N2O3. The van der Waals surface area contributed by atoms with Crippen LogP contribution in [0.2, 0.25) is 0 Å². The Bertz CT molecular complexity index is 1400. The maximum atomic E-state index is 13.2. The summed E-state index contributed by atoms with van der Waals surface area (Å²) >= 11 is 0. The van der Waals surface area contributed by atoms with Gasteiger partial charge in [0.1, 0.15) is 17.4 Å². The van der Waals surface area contributed by atoms with E-state index in [0.717, 1.165) is 24.3 Å². The first-order valence-corrected chi connectivity index (χ1v) is 11.5. The summed E-state index contributed by atoms with van der Waals surface area (Å²) in [6, 6.07) is 14.6. The second-order valence-corrected chi connectivity index (χ2v) is 8.57. The van der Waals surface area contributed by atoms with Crippen LogP contribution in [0.5, 0.6) is 5.75 Å². The summed E-state index contributed by atoms with van der Waals surface area (Å²) in [5.41, 5.74) is -2.05. The predicted molar refractivity (Wildman–Crippen MR) is 133 cm³/mol. The van der Waals surface area contributed by atoms with E-state index >= 15 is 0 Å². The Kier molecular flexibility index (Phi) is 7.53. The van der Waals surface area contributed by atoms with Crippen molar-refractivity contribution in [2.24, 2.45) is 0 Å². The Labute approximate surface area is 218 Å². The number of fused-ring (bicyclic) bond motifs is 1. The molecule has 4 rings (SSSR count). The van der Waals surface area contributed by atoms with Crippen LogP contribution in [0.3, 0.4) is 0 Å². The van der Waals surface area contributed by atoms with E-state index in [1.807, 2.05) is 0 Å². The van der Waals surface area contributed by atoms with E-state index in [0.29, 0.717) is 29.0 Å². The number of rotatable bonds is 5. The van der Waals surface area contributed by atoms with Gasteiger partial charge in [-0.1, -0.05) is 30.3 Å². The molecule has 1 aliphatic heterocycles. The Hall–Kier alpha value is -4.54. The molecule has 0 fully saturated rings.